The second-order valence-corrected chi connectivity index (χ2v) is 6.59. The molecule has 0 aliphatic rings. The molecule has 0 aliphatic heterocycles. The van der Waals surface area contributed by atoms with Gasteiger partial charge in [-0.05, 0) is 32.9 Å². The molecule has 0 aromatic heterocycles. The normalized spacial score (nSPS) is 13.9. The Labute approximate surface area is 144 Å². The number of carboxylic acid groups (broad SMARTS) is 1. The Hall–Kier alpha value is -2.03. The van der Waals surface area contributed by atoms with Crippen LogP contribution in [0.5, 0.6) is 0 Å². The van der Waals surface area contributed by atoms with Crippen molar-refractivity contribution in [3.63, 3.8) is 0 Å². The van der Waals surface area contributed by atoms with Crippen molar-refractivity contribution in [3.05, 3.63) is 28.3 Å². The lowest BCUT2D eigenvalue weighted by Gasteiger charge is -2.23. The first kappa shape index (κ1) is 20.0. The molecule has 0 radical (unpaired) electrons. The number of benzene rings is 1. The minimum atomic E-state index is -1.54. The minimum absolute atomic E-state index is 0.0432. The maximum atomic E-state index is 11.5. The molecule has 0 fully saturated rings. The van der Waals surface area contributed by atoms with Crippen molar-refractivity contribution in [1.82, 2.24) is 5.32 Å². The van der Waals surface area contributed by atoms with Crippen LogP contribution in [0, 0.1) is 0 Å². The van der Waals surface area contributed by atoms with E-state index in [2.05, 4.69) is 5.32 Å². The zero-order valence-electron chi connectivity index (χ0n) is 13.5. The van der Waals surface area contributed by atoms with Crippen LogP contribution in [0.4, 0.5) is 10.5 Å². The highest BCUT2D eigenvalue weighted by Crippen LogP contribution is 2.30. The summed E-state index contributed by atoms with van der Waals surface area (Å²) in [6, 6.07) is 2.39. The van der Waals surface area contributed by atoms with E-state index in [1.807, 2.05) is 0 Å². The number of rotatable bonds is 5. The van der Waals surface area contributed by atoms with Crippen LogP contribution in [0.2, 0.25) is 5.02 Å². The van der Waals surface area contributed by atoms with Crippen molar-refractivity contribution in [2.75, 3.05) is 12.3 Å². The third-order valence-electron chi connectivity index (χ3n) is 2.94. The average molecular weight is 361 g/mol. The summed E-state index contributed by atoms with van der Waals surface area (Å²) in [5.74, 6) is -1.31. The number of carbonyl (C=O) groups is 2. The number of alkyl carbamates (subject to hydrolysis) is 1. The molecule has 0 saturated carbocycles. The SMILES string of the molecule is CC(C)(C)OC(=O)NCC(O)C(O)c1cc(Cl)cc(C(=O)O)c1N. The van der Waals surface area contributed by atoms with Gasteiger partial charge in [-0.15, -0.1) is 0 Å². The number of nitrogen functional groups attached to an aromatic ring is 1. The molecule has 2 unspecified atom stereocenters. The number of amides is 1. The van der Waals surface area contributed by atoms with Gasteiger partial charge in [0, 0.05) is 17.1 Å². The Bertz CT molecular complexity index is 629. The van der Waals surface area contributed by atoms with E-state index in [-0.39, 0.29) is 28.4 Å². The summed E-state index contributed by atoms with van der Waals surface area (Å²) < 4.78 is 5.00. The maximum Gasteiger partial charge on any atom is 0.407 e. The highest BCUT2D eigenvalue weighted by Gasteiger charge is 2.25. The third kappa shape index (κ3) is 5.55. The van der Waals surface area contributed by atoms with Crippen LogP contribution in [-0.2, 0) is 4.74 Å². The number of aliphatic hydroxyl groups excluding tert-OH is 2. The summed E-state index contributed by atoms with van der Waals surface area (Å²) in [5, 5.41) is 31.6. The van der Waals surface area contributed by atoms with Gasteiger partial charge in [0.15, 0.2) is 0 Å². The van der Waals surface area contributed by atoms with E-state index < -0.39 is 29.9 Å². The van der Waals surface area contributed by atoms with Gasteiger partial charge in [0.1, 0.15) is 17.8 Å². The minimum Gasteiger partial charge on any atom is -0.478 e. The standard InChI is InChI=1S/C15H21ClN2O6/c1-15(2,3)24-14(23)18-6-10(19)12(20)8-4-7(16)5-9(11(8)17)13(21)22/h4-5,10,12,19-20H,6,17H2,1-3H3,(H,18,23)(H,21,22). The molecule has 0 aliphatic carbocycles. The molecule has 1 amide bonds. The summed E-state index contributed by atoms with van der Waals surface area (Å²) in [6.07, 6.45) is -3.75. The predicted octanol–water partition coefficient (Wildman–Crippen LogP) is 1.54. The summed E-state index contributed by atoms with van der Waals surface area (Å²) in [7, 11) is 0. The Morgan fingerprint density at radius 3 is 2.42 bits per heavy atom. The summed E-state index contributed by atoms with van der Waals surface area (Å²) in [4.78, 5) is 22.6. The monoisotopic (exact) mass is 360 g/mol. The number of aromatic carboxylic acids is 1. The quantitative estimate of drug-likeness (QED) is 0.501. The molecule has 0 saturated heterocycles. The molecule has 8 nitrogen and oxygen atoms in total. The molecule has 134 valence electrons. The van der Waals surface area contributed by atoms with Crippen LogP contribution in [0.25, 0.3) is 0 Å². The van der Waals surface area contributed by atoms with E-state index >= 15 is 0 Å². The van der Waals surface area contributed by atoms with Crippen LogP contribution in [0.15, 0.2) is 12.1 Å². The molecule has 6 N–H and O–H groups in total. The van der Waals surface area contributed by atoms with Crippen LogP contribution in [0.3, 0.4) is 0 Å². The number of carbonyl (C=O) groups excluding carboxylic acids is 1. The van der Waals surface area contributed by atoms with E-state index in [0.29, 0.717) is 0 Å². The van der Waals surface area contributed by atoms with Gasteiger partial charge in [-0.25, -0.2) is 9.59 Å². The third-order valence-corrected chi connectivity index (χ3v) is 3.16. The molecule has 24 heavy (non-hydrogen) atoms. The smallest absolute Gasteiger partial charge is 0.407 e. The Morgan fingerprint density at radius 1 is 1.33 bits per heavy atom. The van der Waals surface area contributed by atoms with E-state index in [4.69, 9.17) is 27.2 Å². The van der Waals surface area contributed by atoms with E-state index in [0.717, 1.165) is 6.07 Å². The van der Waals surface area contributed by atoms with Gasteiger partial charge in [0.25, 0.3) is 0 Å². The van der Waals surface area contributed by atoms with Crippen LogP contribution in [0.1, 0.15) is 42.8 Å². The van der Waals surface area contributed by atoms with Crippen molar-refractivity contribution < 1.29 is 29.6 Å². The van der Waals surface area contributed by atoms with Crippen LogP contribution in [-0.4, -0.2) is 45.6 Å². The van der Waals surface area contributed by atoms with E-state index in [1.165, 1.54) is 6.07 Å². The average Bonchev–Trinajstić information content (AvgIpc) is 2.44. The molecule has 1 aromatic rings. The fourth-order valence-corrected chi connectivity index (χ4v) is 2.11. The zero-order chi connectivity index (χ0) is 18.7. The number of nitrogens with one attached hydrogen (secondary N) is 1. The number of anilines is 1. The lowest BCUT2D eigenvalue weighted by atomic mass is 9.99. The van der Waals surface area contributed by atoms with Crippen molar-refractivity contribution in [3.8, 4) is 0 Å². The number of halogens is 1. The number of hydrogen-bond donors (Lipinski definition) is 5. The predicted molar refractivity (Wildman–Crippen MR) is 88.0 cm³/mol. The van der Waals surface area contributed by atoms with Crippen molar-refractivity contribution in [1.29, 1.82) is 0 Å². The van der Waals surface area contributed by atoms with Crippen molar-refractivity contribution in [2.45, 2.75) is 38.6 Å². The number of nitrogens with two attached hydrogens (primary N) is 1. The largest absolute Gasteiger partial charge is 0.478 e. The fourth-order valence-electron chi connectivity index (χ4n) is 1.88. The maximum absolute atomic E-state index is 11.5. The van der Waals surface area contributed by atoms with Crippen molar-refractivity contribution in [2.24, 2.45) is 0 Å². The Morgan fingerprint density at radius 2 is 1.92 bits per heavy atom. The Kier molecular flexibility index (Phi) is 6.42. The van der Waals surface area contributed by atoms with Crippen molar-refractivity contribution >= 4 is 29.4 Å². The molecule has 1 rings (SSSR count). The fraction of sp³-hybridized carbons (Fsp3) is 0.467. The van der Waals surface area contributed by atoms with Crippen LogP contribution < -0.4 is 11.1 Å². The van der Waals surface area contributed by atoms with Gasteiger partial charge < -0.3 is 31.1 Å². The molecular formula is C15H21ClN2O6. The lowest BCUT2D eigenvalue weighted by Crippen LogP contribution is -2.39. The lowest BCUT2D eigenvalue weighted by molar-refractivity contribution is 0.0132. The summed E-state index contributed by atoms with van der Waals surface area (Å²) in [6.45, 7) is 4.71. The molecule has 2 atom stereocenters. The molecule has 9 heteroatoms. The van der Waals surface area contributed by atoms with Gasteiger partial charge >= 0.3 is 12.1 Å². The van der Waals surface area contributed by atoms with Gasteiger partial charge in [-0.1, -0.05) is 11.6 Å². The van der Waals surface area contributed by atoms with Gasteiger partial charge in [-0.2, -0.15) is 0 Å². The topological polar surface area (TPSA) is 142 Å². The van der Waals surface area contributed by atoms with Gasteiger partial charge in [0.2, 0.25) is 0 Å². The highest BCUT2D eigenvalue weighted by molar-refractivity contribution is 6.31. The molecule has 1 aromatic carbocycles. The number of aliphatic hydroxyl groups is 2. The summed E-state index contributed by atoms with van der Waals surface area (Å²) in [5.41, 5.74) is 4.46. The molecule has 0 bridgehead atoms. The number of carboxylic acids is 1. The zero-order valence-corrected chi connectivity index (χ0v) is 14.3. The first-order valence-corrected chi connectivity index (χ1v) is 7.45. The van der Waals surface area contributed by atoms with E-state index in [1.54, 1.807) is 20.8 Å². The van der Waals surface area contributed by atoms with E-state index in [9.17, 15) is 19.8 Å². The number of ether oxygens (including phenoxy) is 1. The molecular weight excluding hydrogens is 340 g/mol. The first-order chi connectivity index (χ1) is 10.9. The highest BCUT2D eigenvalue weighted by atomic mass is 35.5. The Balaban J connectivity index is 2.85. The number of hydrogen-bond acceptors (Lipinski definition) is 6. The van der Waals surface area contributed by atoms with Gasteiger partial charge in [0.05, 0.1) is 11.3 Å². The first-order valence-electron chi connectivity index (χ1n) is 7.07. The second-order valence-electron chi connectivity index (χ2n) is 6.16. The van der Waals surface area contributed by atoms with Gasteiger partial charge in [-0.3, -0.25) is 0 Å². The summed E-state index contributed by atoms with van der Waals surface area (Å²) >= 11 is 5.81. The van der Waals surface area contributed by atoms with Crippen LogP contribution >= 0.6 is 11.6 Å². The molecule has 0 heterocycles. The molecule has 0 spiro atoms. The second kappa shape index (κ2) is 7.69.